The van der Waals surface area contributed by atoms with E-state index >= 15 is 0 Å². The Hall–Kier alpha value is -2.19. The molecule has 0 spiro atoms. The van der Waals surface area contributed by atoms with Gasteiger partial charge in [0.05, 0.1) is 17.0 Å². The van der Waals surface area contributed by atoms with E-state index in [2.05, 4.69) is 0 Å². The van der Waals surface area contributed by atoms with E-state index in [1.165, 1.54) is 27.6 Å². The third kappa shape index (κ3) is 3.18. The fourth-order valence-electron chi connectivity index (χ4n) is 4.12. The average molecular weight is 430 g/mol. The number of fused-ring (bicyclic) bond motifs is 3. The molecule has 4 heterocycles. The molecule has 5 rings (SSSR count). The Bertz CT molecular complexity index is 1020. The van der Waals surface area contributed by atoms with Gasteiger partial charge in [0, 0.05) is 25.0 Å². The van der Waals surface area contributed by atoms with Crippen molar-refractivity contribution in [3.05, 3.63) is 37.9 Å². The average Bonchev–Trinajstić information content (AvgIpc) is 3.32. The van der Waals surface area contributed by atoms with Gasteiger partial charge in [-0.2, -0.15) is 0 Å². The largest absolute Gasteiger partial charge is 0.332 e. The molecule has 6 nitrogen and oxygen atoms in total. The maximum atomic E-state index is 13.1. The molecular formula is C21H23N3O3S2. The number of nitrogens with zero attached hydrogens (tertiary/aromatic N) is 3. The van der Waals surface area contributed by atoms with E-state index < -0.39 is 0 Å². The molecule has 0 unspecified atom stereocenters. The van der Waals surface area contributed by atoms with Crippen molar-refractivity contribution in [1.29, 1.82) is 0 Å². The molecule has 3 aliphatic rings. The molecular weight excluding hydrogens is 406 g/mol. The van der Waals surface area contributed by atoms with Crippen molar-refractivity contribution in [2.75, 3.05) is 31.6 Å². The molecule has 2 aromatic rings. The van der Waals surface area contributed by atoms with Crippen LogP contribution >= 0.6 is 22.7 Å². The van der Waals surface area contributed by atoms with Crippen LogP contribution in [0.15, 0.2) is 11.4 Å². The van der Waals surface area contributed by atoms with E-state index in [0.29, 0.717) is 37.5 Å². The van der Waals surface area contributed by atoms with Gasteiger partial charge in [0.15, 0.2) is 0 Å². The molecule has 1 saturated carbocycles. The van der Waals surface area contributed by atoms with E-state index in [1.807, 2.05) is 28.2 Å². The van der Waals surface area contributed by atoms with Crippen LogP contribution in [0.1, 0.15) is 48.9 Å². The van der Waals surface area contributed by atoms with Gasteiger partial charge < -0.3 is 14.7 Å². The van der Waals surface area contributed by atoms with Gasteiger partial charge in [-0.05, 0) is 54.7 Å². The normalized spacial score (nSPS) is 19.3. The topological polar surface area (TPSA) is 60.9 Å². The van der Waals surface area contributed by atoms with Crippen LogP contribution in [0.5, 0.6) is 0 Å². The first kappa shape index (κ1) is 18.8. The summed E-state index contributed by atoms with van der Waals surface area (Å²) in [7, 11) is 1.70. The van der Waals surface area contributed by atoms with Crippen LogP contribution < -0.4 is 4.90 Å². The maximum absolute atomic E-state index is 13.1. The number of amides is 3. The Balaban J connectivity index is 1.51. The first-order valence-electron chi connectivity index (χ1n) is 9.97. The number of likely N-dealkylation sites (N-methyl/N-ethyl adjacent to an activating group) is 1. The van der Waals surface area contributed by atoms with Gasteiger partial charge in [0.2, 0.25) is 5.91 Å². The van der Waals surface area contributed by atoms with E-state index in [0.717, 1.165) is 38.7 Å². The second kappa shape index (κ2) is 6.95. The molecule has 152 valence electrons. The first-order chi connectivity index (χ1) is 13.9. The van der Waals surface area contributed by atoms with Gasteiger partial charge in [-0.25, -0.2) is 0 Å². The molecule has 0 N–H and O–H groups in total. The number of carbonyl (C=O) groups is 3. The van der Waals surface area contributed by atoms with Crippen LogP contribution in [0.3, 0.4) is 0 Å². The lowest BCUT2D eigenvalue weighted by Gasteiger charge is -2.27. The molecule has 29 heavy (non-hydrogen) atoms. The van der Waals surface area contributed by atoms with Crippen molar-refractivity contribution in [2.45, 2.75) is 32.7 Å². The quantitative estimate of drug-likeness (QED) is 0.753. The molecule has 1 fully saturated rings. The van der Waals surface area contributed by atoms with Gasteiger partial charge in [-0.15, -0.1) is 22.7 Å². The Labute approximate surface area is 177 Å². The molecule has 0 aromatic carbocycles. The van der Waals surface area contributed by atoms with Gasteiger partial charge in [-0.3, -0.25) is 14.4 Å². The first-order valence-corrected chi connectivity index (χ1v) is 11.7. The molecule has 0 bridgehead atoms. The Morgan fingerprint density at radius 1 is 1.24 bits per heavy atom. The lowest BCUT2D eigenvalue weighted by atomic mass is 10.0. The molecule has 3 amide bonds. The van der Waals surface area contributed by atoms with Crippen molar-refractivity contribution < 1.29 is 14.4 Å². The summed E-state index contributed by atoms with van der Waals surface area (Å²) in [4.78, 5) is 46.0. The molecule has 1 aliphatic carbocycles. The Morgan fingerprint density at radius 3 is 2.72 bits per heavy atom. The van der Waals surface area contributed by atoms with Crippen molar-refractivity contribution in [2.24, 2.45) is 5.92 Å². The van der Waals surface area contributed by atoms with E-state index in [1.54, 1.807) is 7.05 Å². The van der Waals surface area contributed by atoms with Gasteiger partial charge in [-0.1, -0.05) is 0 Å². The number of hydrogen-bond donors (Lipinski definition) is 0. The van der Waals surface area contributed by atoms with E-state index in [-0.39, 0.29) is 24.3 Å². The van der Waals surface area contributed by atoms with Crippen LogP contribution in [-0.2, 0) is 17.8 Å². The van der Waals surface area contributed by atoms with Crippen LogP contribution in [0, 0.1) is 12.8 Å². The number of carbonyl (C=O) groups excluding carboxylic acids is 3. The fraction of sp³-hybridized carbons (Fsp3) is 0.476. The van der Waals surface area contributed by atoms with Gasteiger partial charge in [0.1, 0.15) is 11.5 Å². The second-order valence-electron chi connectivity index (χ2n) is 8.20. The molecule has 2 aromatic heterocycles. The summed E-state index contributed by atoms with van der Waals surface area (Å²) in [6, 6.07) is 1.97. The van der Waals surface area contributed by atoms with Crippen LogP contribution in [0.2, 0.25) is 0 Å². The van der Waals surface area contributed by atoms with Crippen molar-refractivity contribution in [1.82, 2.24) is 9.80 Å². The summed E-state index contributed by atoms with van der Waals surface area (Å²) in [6.45, 7) is 3.89. The molecule has 0 saturated heterocycles. The third-order valence-electron chi connectivity index (χ3n) is 6.00. The van der Waals surface area contributed by atoms with Crippen LogP contribution in [-0.4, -0.2) is 54.2 Å². The van der Waals surface area contributed by atoms with Crippen molar-refractivity contribution >= 4 is 45.4 Å². The summed E-state index contributed by atoms with van der Waals surface area (Å²) in [5.74, 6) is 0.524. The summed E-state index contributed by atoms with van der Waals surface area (Å²) in [5.41, 5.74) is 2.73. The summed E-state index contributed by atoms with van der Waals surface area (Å²) < 4.78 is 0. The third-order valence-corrected chi connectivity index (χ3v) is 8.24. The number of thiophene rings is 2. The number of anilines is 1. The maximum Gasteiger partial charge on any atom is 0.264 e. The summed E-state index contributed by atoms with van der Waals surface area (Å²) >= 11 is 3.00. The van der Waals surface area contributed by atoms with E-state index in [9.17, 15) is 14.4 Å². The van der Waals surface area contributed by atoms with Crippen molar-refractivity contribution in [3.63, 3.8) is 0 Å². The lowest BCUT2D eigenvalue weighted by molar-refractivity contribution is -0.119. The van der Waals surface area contributed by atoms with Crippen LogP contribution in [0.4, 0.5) is 5.00 Å². The molecule has 2 aliphatic heterocycles. The molecule has 8 heteroatoms. The van der Waals surface area contributed by atoms with Crippen molar-refractivity contribution in [3.8, 4) is 0 Å². The summed E-state index contributed by atoms with van der Waals surface area (Å²) in [6.07, 6.45) is 2.95. The standard InChI is InChI=1S/C21H23N3O3S2/c1-12-6-8-28-18(12)20(27)23-7-5-14-15(10-23)29-21-17(14)19(26)22(2)11-16(25)24(21)9-13-3-4-13/h6,8,13H,3-5,7,9-11H2,1-2H3. The minimum Gasteiger partial charge on any atom is -0.332 e. The predicted molar refractivity (Wildman–Crippen MR) is 114 cm³/mol. The molecule has 0 atom stereocenters. The predicted octanol–water partition coefficient (Wildman–Crippen LogP) is 3.15. The number of aryl methyl sites for hydroxylation is 1. The van der Waals surface area contributed by atoms with Crippen LogP contribution in [0.25, 0.3) is 0 Å². The Morgan fingerprint density at radius 2 is 2.03 bits per heavy atom. The highest BCUT2D eigenvalue weighted by Crippen LogP contribution is 2.43. The van der Waals surface area contributed by atoms with Gasteiger partial charge in [0.25, 0.3) is 11.8 Å². The smallest absolute Gasteiger partial charge is 0.264 e. The fourth-order valence-corrected chi connectivity index (χ4v) is 6.39. The summed E-state index contributed by atoms with van der Waals surface area (Å²) in [5, 5.41) is 2.74. The SMILES string of the molecule is Cc1ccsc1C(=O)N1CCc2c(sc3c2C(=O)N(C)CC(=O)N3CC2CC2)C1. The zero-order valence-electron chi connectivity index (χ0n) is 16.6. The zero-order valence-corrected chi connectivity index (χ0v) is 18.2. The second-order valence-corrected chi connectivity index (χ2v) is 10.2. The minimum atomic E-state index is -0.0713. The number of hydrogen-bond acceptors (Lipinski definition) is 5. The van der Waals surface area contributed by atoms with Gasteiger partial charge >= 0.3 is 0 Å². The monoisotopic (exact) mass is 429 g/mol. The highest BCUT2D eigenvalue weighted by atomic mass is 32.1. The molecule has 0 radical (unpaired) electrons. The van der Waals surface area contributed by atoms with E-state index in [4.69, 9.17) is 0 Å². The number of rotatable bonds is 3. The minimum absolute atomic E-state index is 0.00719. The highest BCUT2D eigenvalue weighted by Gasteiger charge is 2.39. The zero-order chi connectivity index (χ0) is 20.3. The Kier molecular flexibility index (Phi) is 4.51. The highest BCUT2D eigenvalue weighted by molar-refractivity contribution is 7.17. The lowest BCUT2D eigenvalue weighted by Crippen LogP contribution is -2.38.